The van der Waals surface area contributed by atoms with Gasteiger partial charge >= 0.3 is 0 Å². The van der Waals surface area contributed by atoms with E-state index in [-0.39, 0.29) is 5.91 Å². The van der Waals surface area contributed by atoms with Crippen LogP contribution >= 0.6 is 11.3 Å². The Bertz CT molecular complexity index is 969. The van der Waals surface area contributed by atoms with Gasteiger partial charge in [0.15, 0.2) is 5.13 Å². The lowest BCUT2D eigenvalue weighted by molar-refractivity contribution is 0.0983. The summed E-state index contributed by atoms with van der Waals surface area (Å²) in [5.74, 6) is 1.36. The highest BCUT2D eigenvalue weighted by atomic mass is 32.1. The van der Waals surface area contributed by atoms with E-state index < -0.39 is 0 Å². The number of carbonyl (C=O) groups excluding carboxylic acids is 1. The lowest BCUT2D eigenvalue weighted by Gasteiger charge is -2.24. The van der Waals surface area contributed by atoms with Gasteiger partial charge in [-0.2, -0.15) is 0 Å². The molecule has 1 heterocycles. The molecule has 0 bridgehead atoms. The number of fused-ring (bicyclic) bond motifs is 1. The highest BCUT2D eigenvalue weighted by molar-refractivity contribution is 7.22. The molecule has 0 fully saturated rings. The molecular weight excluding hydrogens is 386 g/mol. The number of nitrogens with zero attached hydrogens (tertiary/aromatic N) is 3. The van der Waals surface area contributed by atoms with Crippen LogP contribution in [0.4, 0.5) is 5.13 Å². The predicted octanol–water partition coefficient (Wildman–Crippen LogP) is 4.30. The van der Waals surface area contributed by atoms with Gasteiger partial charge in [0.25, 0.3) is 5.91 Å². The molecule has 0 unspecified atom stereocenters. The zero-order valence-electron chi connectivity index (χ0n) is 17.3. The molecule has 0 spiro atoms. The van der Waals surface area contributed by atoms with Crippen LogP contribution in [-0.4, -0.2) is 56.2 Å². The number of thiazole rings is 1. The number of carbonyl (C=O) groups is 1. The van der Waals surface area contributed by atoms with Crippen LogP contribution in [0, 0.1) is 0 Å². The van der Waals surface area contributed by atoms with Crippen LogP contribution < -0.4 is 14.4 Å². The van der Waals surface area contributed by atoms with Crippen molar-refractivity contribution in [2.24, 2.45) is 0 Å². The molecule has 3 aromatic rings. The topological polar surface area (TPSA) is 54.9 Å². The van der Waals surface area contributed by atoms with E-state index in [2.05, 4.69) is 18.7 Å². The molecule has 1 aromatic heterocycles. The fraction of sp³-hybridized carbons (Fsp3) is 0.364. The smallest absolute Gasteiger partial charge is 0.260 e. The lowest BCUT2D eigenvalue weighted by atomic mass is 10.2. The van der Waals surface area contributed by atoms with Crippen molar-refractivity contribution in [2.45, 2.75) is 13.8 Å². The number of aromatic nitrogens is 1. The first-order chi connectivity index (χ1) is 14.1. The normalized spacial score (nSPS) is 11.1. The minimum atomic E-state index is -0.0814. The standard InChI is InChI=1S/C22H27N3O3S/c1-5-24(6-2)12-13-25(21(26)16-8-7-9-17(14-16)27-3)22-23-19-11-10-18(28-4)15-20(19)29-22/h7-11,14-15H,5-6,12-13H2,1-4H3. The Balaban J connectivity index is 1.96. The van der Waals surface area contributed by atoms with Crippen molar-refractivity contribution >= 4 is 32.6 Å². The van der Waals surface area contributed by atoms with E-state index in [0.717, 1.165) is 35.6 Å². The zero-order valence-corrected chi connectivity index (χ0v) is 18.2. The quantitative estimate of drug-likeness (QED) is 0.523. The number of methoxy groups -OCH3 is 2. The summed E-state index contributed by atoms with van der Waals surface area (Å²) in [6, 6.07) is 13.0. The average molecular weight is 414 g/mol. The largest absolute Gasteiger partial charge is 0.497 e. The molecule has 1 amide bonds. The third-order valence-corrected chi connectivity index (χ3v) is 5.95. The molecule has 7 heteroatoms. The van der Waals surface area contributed by atoms with Crippen molar-refractivity contribution in [2.75, 3.05) is 45.3 Å². The van der Waals surface area contributed by atoms with Gasteiger partial charge in [0, 0.05) is 18.7 Å². The molecule has 154 valence electrons. The van der Waals surface area contributed by atoms with Gasteiger partial charge in [-0.1, -0.05) is 31.3 Å². The number of amides is 1. The Morgan fingerprint density at radius 2 is 1.72 bits per heavy atom. The third kappa shape index (κ3) is 4.86. The molecule has 2 aromatic carbocycles. The summed E-state index contributed by atoms with van der Waals surface area (Å²) >= 11 is 1.50. The molecule has 0 saturated carbocycles. The van der Waals surface area contributed by atoms with E-state index in [0.29, 0.717) is 23.0 Å². The molecular formula is C22H27N3O3S. The van der Waals surface area contributed by atoms with E-state index in [4.69, 9.17) is 14.5 Å². The Labute approximate surface area is 175 Å². The molecule has 0 aliphatic rings. The molecule has 0 aliphatic carbocycles. The fourth-order valence-corrected chi connectivity index (χ4v) is 4.13. The monoisotopic (exact) mass is 413 g/mol. The van der Waals surface area contributed by atoms with E-state index in [1.54, 1.807) is 25.2 Å². The Morgan fingerprint density at radius 1 is 1.00 bits per heavy atom. The van der Waals surface area contributed by atoms with Crippen LogP contribution in [0.25, 0.3) is 10.2 Å². The molecule has 0 saturated heterocycles. The maximum absolute atomic E-state index is 13.4. The summed E-state index contributed by atoms with van der Waals surface area (Å²) in [4.78, 5) is 22.2. The summed E-state index contributed by atoms with van der Waals surface area (Å²) < 4.78 is 11.6. The third-order valence-electron chi connectivity index (χ3n) is 4.91. The first-order valence-corrected chi connectivity index (χ1v) is 10.5. The molecule has 3 rings (SSSR count). The summed E-state index contributed by atoms with van der Waals surface area (Å²) in [7, 11) is 3.24. The predicted molar refractivity (Wildman–Crippen MR) is 119 cm³/mol. The second kappa shape index (κ2) is 9.71. The van der Waals surface area contributed by atoms with Crippen molar-refractivity contribution in [3.05, 3.63) is 48.0 Å². The molecule has 0 N–H and O–H groups in total. The van der Waals surface area contributed by atoms with Crippen molar-refractivity contribution in [3.63, 3.8) is 0 Å². The van der Waals surface area contributed by atoms with Crippen molar-refractivity contribution in [1.82, 2.24) is 9.88 Å². The molecule has 6 nitrogen and oxygen atoms in total. The Hall–Kier alpha value is -2.64. The summed E-state index contributed by atoms with van der Waals surface area (Å²) in [5.41, 5.74) is 1.44. The van der Waals surface area contributed by atoms with Crippen LogP contribution in [0.5, 0.6) is 11.5 Å². The number of hydrogen-bond acceptors (Lipinski definition) is 6. The Morgan fingerprint density at radius 3 is 2.41 bits per heavy atom. The van der Waals surface area contributed by atoms with Gasteiger partial charge < -0.3 is 14.4 Å². The molecule has 0 atom stereocenters. The second-order valence-electron chi connectivity index (χ2n) is 6.55. The van der Waals surface area contributed by atoms with E-state index in [1.807, 2.05) is 36.4 Å². The number of rotatable bonds is 9. The summed E-state index contributed by atoms with van der Waals surface area (Å²) in [5, 5.41) is 0.688. The number of benzene rings is 2. The van der Waals surface area contributed by atoms with Crippen LogP contribution in [0.15, 0.2) is 42.5 Å². The van der Waals surface area contributed by atoms with E-state index in [1.165, 1.54) is 11.3 Å². The van der Waals surface area contributed by atoms with Crippen LogP contribution in [-0.2, 0) is 0 Å². The molecule has 29 heavy (non-hydrogen) atoms. The first kappa shape index (κ1) is 21.1. The highest BCUT2D eigenvalue weighted by Crippen LogP contribution is 2.32. The maximum Gasteiger partial charge on any atom is 0.260 e. The zero-order chi connectivity index (χ0) is 20.8. The van der Waals surface area contributed by atoms with Gasteiger partial charge in [-0.15, -0.1) is 0 Å². The molecule has 0 aliphatic heterocycles. The van der Waals surface area contributed by atoms with Gasteiger partial charge in [-0.3, -0.25) is 9.69 Å². The SMILES string of the molecule is CCN(CC)CCN(C(=O)c1cccc(OC)c1)c1nc2ccc(OC)cc2s1. The van der Waals surface area contributed by atoms with E-state index >= 15 is 0 Å². The van der Waals surface area contributed by atoms with Crippen LogP contribution in [0.1, 0.15) is 24.2 Å². The molecule has 0 radical (unpaired) electrons. The number of hydrogen-bond donors (Lipinski definition) is 0. The lowest BCUT2D eigenvalue weighted by Crippen LogP contribution is -2.38. The van der Waals surface area contributed by atoms with Gasteiger partial charge in [0.05, 0.1) is 24.4 Å². The number of anilines is 1. The fourth-order valence-electron chi connectivity index (χ4n) is 3.11. The minimum Gasteiger partial charge on any atom is -0.497 e. The number of likely N-dealkylation sites (N-methyl/N-ethyl adjacent to an activating group) is 1. The van der Waals surface area contributed by atoms with Crippen molar-refractivity contribution in [3.8, 4) is 11.5 Å². The van der Waals surface area contributed by atoms with Gasteiger partial charge in [-0.25, -0.2) is 4.98 Å². The second-order valence-corrected chi connectivity index (χ2v) is 7.55. The Kier molecular flexibility index (Phi) is 7.06. The highest BCUT2D eigenvalue weighted by Gasteiger charge is 2.22. The summed E-state index contributed by atoms with van der Waals surface area (Å²) in [6.07, 6.45) is 0. The van der Waals surface area contributed by atoms with Crippen molar-refractivity contribution < 1.29 is 14.3 Å². The average Bonchev–Trinajstić information content (AvgIpc) is 3.19. The van der Waals surface area contributed by atoms with Crippen molar-refractivity contribution in [1.29, 1.82) is 0 Å². The van der Waals surface area contributed by atoms with Crippen LogP contribution in [0.3, 0.4) is 0 Å². The maximum atomic E-state index is 13.4. The van der Waals surface area contributed by atoms with E-state index in [9.17, 15) is 4.79 Å². The van der Waals surface area contributed by atoms with Gasteiger partial charge in [0.1, 0.15) is 11.5 Å². The first-order valence-electron chi connectivity index (χ1n) is 9.72. The number of ether oxygens (including phenoxy) is 2. The van der Waals surface area contributed by atoms with Gasteiger partial charge in [0.2, 0.25) is 0 Å². The minimum absolute atomic E-state index is 0.0814. The van der Waals surface area contributed by atoms with Gasteiger partial charge in [-0.05, 0) is 49.5 Å². The van der Waals surface area contributed by atoms with Crippen LogP contribution in [0.2, 0.25) is 0 Å². The summed E-state index contributed by atoms with van der Waals surface area (Å²) in [6.45, 7) is 7.48.